The number of halogens is 1. The molecule has 1 atom stereocenters. The molecular weight excluding hydrogens is 432 g/mol. The van der Waals surface area contributed by atoms with Crippen LogP contribution >= 0.6 is 15.9 Å². The second kappa shape index (κ2) is 10.1. The fourth-order valence-electron chi connectivity index (χ4n) is 2.70. The summed E-state index contributed by atoms with van der Waals surface area (Å²) >= 11 is 3.44. The molecule has 150 valence electrons. The van der Waals surface area contributed by atoms with Crippen molar-refractivity contribution in [2.45, 2.75) is 26.2 Å². The lowest BCUT2D eigenvalue weighted by atomic mass is 9.99. The SMILES string of the molecule is CCC(C)c1ccc(OCC(=O)NN=Cc2ccc(-c3cccc(Br)c3)o2)cc1. The van der Waals surface area contributed by atoms with Gasteiger partial charge in [-0.25, -0.2) is 5.43 Å². The van der Waals surface area contributed by atoms with Crippen molar-refractivity contribution >= 4 is 28.1 Å². The summed E-state index contributed by atoms with van der Waals surface area (Å²) in [6, 6.07) is 19.3. The van der Waals surface area contributed by atoms with Crippen molar-refractivity contribution in [2.75, 3.05) is 6.61 Å². The normalized spacial score (nSPS) is 12.1. The molecule has 3 aromatic rings. The number of carbonyl (C=O) groups is 1. The van der Waals surface area contributed by atoms with Crippen LogP contribution in [0.4, 0.5) is 0 Å². The van der Waals surface area contributed by atoms with Crippen molar-refractivity contribution < 1.29 is 13.9 Å². The highest BCUT2D eigenvalue weighted by Gasteiger charge is 2.06. The first-order valence-corrected chi connectivity index (χ1v) is 10.2. The minimum atomic E-state index is -0.342. The lowest BCUT2D eigenvalue weighted by molar-refractivity contribution is -0.123. The molecule has 0 bridgehead atoms. The molecule has 0 fully saturated rings. The maximum atomic E-state index is 11.9. The van der Waals surface area contributed by atoms with Gasteiger partial charge in [-0.05, 0) is 54.3 Å². The number of nitrogens with zero attached hydrogens (tertiary/aromatic N) is 1. The third kappa shape index (κ3) is 6.06. The first kappa shape index (κ1) is 20.9. The van der Waals surface area contributed by atoms with E-state index in [0.717, 1.165) is 22.2 Å². The largest absolute Gasteiger partial charge is 0.484 e. The molecule has 0 spiro atoms. The molecule has 3 rings (SSSR count). The van der Waals surface area contributed by atoms with Gasteiger partial charge in [0.1, 0.15) is 17.3 Å². The molecule has 29 heavy (non-hydrogen) atoms. The lowest BCUT2D eigenvalue weighted by Crippen LogP contribution is -2.24. The molecule has 0 radical (unpaired) electrons. The van der Waals surface area contributed by atoms with Gasteiger partial charge in [0.2, 0.25) is 0 Å². The van der Waals surface area contributed by atoms with E-state index in [1.54, 1.807) is 6.07 Å². The van der Waals surface area contributed by atoms with Crippen LogP contribution in [0.5, 0.6) is 5.75 Å². The van der Waals surface area contributed by atoms with E-state index in [0.29, 0.717) is 17.4 Å². The predicted molar refractivity (Wildman–Crippen MR) is 118 cm³/mol. The average Bonchev–Trinajstić information content (AvgIpc) is 3.21. The Balaban J connectivity index is 1.47. The molecule has 1 amide bonds. The third-order valence-corrected chi connectivity index (χ3v) is 5.04. The Hall–Kier alpha value is -2.86. The summed E-state index contributed by atoms with van der Waals surface area (Å²) in [6.07, 6.45) is 2.54. The highest BCUT2D eigenvalue weighted by molar-refractivity contribution is 9.10. The van der Waals surface area contributed by atoms with Gasteiger partial charge >= 0.3 is 0 Å². The monoisotopic (exact) mass is 454 g/mol. The minimum absolute atomic E-state index is 0.110. The maximum absolute atomic E-state index is 11.9. The van der Waals surface area contributed by atoms with Gasteiger partial charge in [-0.3, -0.25) is 4.79 Å². The Kier molecular flexibility index (Phi) is 7.25. The number of amides is 1. The molecule has 5 nitrogen and oxygen atoms in total. The fraction of sp³-hybridized carbons (Fsp3) is 0.217. The van der Waals surface area contributed by atoms with E-state index >= 15 is 0 Å². The van der Waals surface area contributed by atoms with Gasteiger partial charge in [0.15, 0.2) is 6.61 Å². The van der Waals surface area contributed by atoms with E-state index in [1.807, 2.05) is 54.6 Å². The van der Waals surface area contributed by atoms with Gasteiger partial charge < -0.3 is 9.15 Å². The number of hydrogen-bond acceptors (Lipinski definition) is 4. The molecule has 1 aromatic heterocycles. The number of hydrazone groups is 1. The molecule has 1 heterocycles. The van der Waals surface area contributed by atoms with Crippen LogP contribution in [0.1, 0.15) is 37.5 Å². The summed E-state index contributed by atoms with van der Waals surface area (Å²) in [7, 11) is 0. The van der Waals surface area contributed by atoms with Gasteiger partial charge in [-0.15, -0.1) is 0 Å². The van der Waals surface area contributed by atoms with Gasteiger partial charge in [0.05, 0.1) is 6.21 Å². The first-order valence-electron chi connectivity index (χ1n) is 9.45. The van der Waals surface area contributed by atoms with Crippen molar-refractivity contribution in [3.05, 3.63) is 76.5 Å². The minimum Gasteiger partial charge on any atom is -0.484 e. The topological polar surface area (TPSA) is 63.8 Å². The van der Waals surface area contributed by atoms with Gasteiger partial charge in [-0.1, -0.05) is 54.0 Å². The quantitative estimate of drug-likeness (QED) is 0.348. The number of hydrogen-bond donors (Lipinski definition) is 1. The molecule has 0 aliphatic carbocycles. The van der Waals surface area contributed by atoms with Crippen molar-refractivity contribution in [2.24, 2.45) is 5.10 Å². The lowest BCUT2D eigenvalue weighted by Gasteiger charge is -2.10. The van der Waals surface area contributed by atoms with Crippen LogP contribution < -0.4 is 10.2 Å². The van der Waals surface area contributed by atoms with Crippen LogP contribution in [0.25, 0.3) is 11.3 Å². The molecular formula is C23H23BrN2O3. The van der Waals surface area contributed by atoms with Crippen molar-refractivity contribution in [3.8, 4) is 17.1 Å². The summed E-state index contributed by atoms with van der Waals surface area (Å²) < 4.78 is 12.2. The van der Waals surface area contributed by atoms with E-state index in [-0.39, 0.29) is 12.5 Å². The van der Waals surface area contributed by atoms with Crippen LogP contribution in [0.15, 0.2) is 74.7 Å². The van der Waals surface area contributed by atoms with E-state index in [4.69, 9.17) is 9.15 Å². The molecule has 0 aliphatic heterocycles. The van der Waals surface area contributed by atoms with Crippen molar-refractivity contribution in [1.29, 1.82) is 0 Å². The molecule has 2 aromatic carbocycles. The Morgan fingerprint density at radius 2 is 2.00 bits per heavy atom. The van der Waals surface area contributed by atoms with E-state index in [2.05, 4.69) is 40.3 Å². The maximum Gasteiger partial charge on any atom is 0.277 e. The molecule has 0 saturated heterocycles. The smallest absolute Gasteiger partial charge is 0.277 e. The molecule has 1 unspecified atom stereocenters. The molecule has 0 aliphatic rings. The zero-order chi connectivity index (χ0) is 20.6. The fourth-order valence-corrected chi connectivity index (χ4v) is 3.10. The first-order chi connectivity index (χ1) is 14.0. The van der Waals surface area contributed by atoms with Crippen LogP contribution in [0.3, 0.4) is 0 Å². The highest BCUT2D eigenvalue weighted by Crippen LogP contribution is 2.24. The second-order valence-electron chi connectivity index (χ2n) is 6.67. The van der Waals surface area contributed by atoms with Crippen LogP contribution in [0.2, 0.25) is 0 Å². The van der Waals surface area contributed by atoms with E-state index < -0.39 is 0 Å². The Morgan fingerprint density at radius 1 is 1.21 bits per heavy atom. The average molecular weight is 455 g/mol. The summed E-state index contributed by atoms with van der Waals surface area (Å²) in [5.41, 5.74) is 4.65. The highest BCUT2D eigenvalue weighted by atomic mass is 79.9. The number of benzene rings is 2. The molecule has 6 heteroatoms. The number of rotatable bonds is 8. The number of carbonyl (C=O) groups excluding carboxylic acids is 1. The standard InChI is InChI=1S/C23H23BrN2O3/c1-3-16(2)17-7-9-20(10-8-17)28-15-23(27)26-25-14-21-11-12-22(29-21)18-5-4-6-19(24)13-18/h4-14,16H,3,15H2,1-2H3,(H,26,27). The predicted octanol–water partition coefficient (Wildman–Crippen LogP) is 5.75. The van der Waals surface area contributed by atoms with Crippen molar-refractivity contribution in [3.63, 3.8) is 0 Å². The Morgan fingerprint density at radius 3 is 2.72 bits per heavy atom. The van der Waals surface area contributed by atoms with Gasteiger partial charge in [0.25, 0.3) is 5.91 Å². The van der Waals surface area contributed by atoms with Crippen LogP contribution in [-0.4, -0.2) is 18.7 Å². The zero-order valence-corrected chi connectivity index (χ0v) is 18.0. The van der Waals surface area contributed by atoms with Crippen LogP contribution in [-0.2, 0) is 4.79 Å². The molecule has 0 saturated carbocycles. The van der Waals surface area contributed by atoms with E-state index in [1.165, 1.54) is 11.8 Å². The zero-order valence-electron chi connectivity index (χ0n) is 16.4. The van der Waals surface area contributed by atoms with Gasteiger partial charge in [-0.2, -0.15) is 5.10 Å². The summed E-state index contributed by atoms with van der Waals surface area (Å²) in [5, 5.41) is 3.92. The second-order valence-corrected chi connectivity index (χ2v) is 7.59. The number of nitrogens with one attached hydrogen (secondary N) is 1. The van der Waals surface area contributed by atoms with Crippen LogP contribution in [0, 0.1) is 0 Å². The van der Waals surface area contributed by atoms with Crippen molar-refractivity contribution in [1.82, 2.24) is 5.43 Å². The Bertz CT molecular complexity index is 980. The third-order valence-electron chi connectivity index (χ3n) is 4.55. The number of furan rings is 1. The summed E-state index contributed by atoms with van der Waals surface area (Å²) in [6.45, 7) is 4.23. The number of ether oxygens (including phenoxy) is 1. The molecule has 1 N–H and O–H groups in total. The summed E-state index contributed by atoms with van der Waals surface area (Å²) in [5.74, 6) is 2.09. The summed E-state index contributed by atoms with van der Waals surface area (Å²) in [4.78, 5) is 11.9. The van der Waals surface area contributed by atoms with Gasteiger partial charge in [0, 0.05) is 10.0 Å². The van der Waals surface area contributed by atoms with E-state index in [9.17, 15) is 4.79 Å². The Labute approximate surface area is 178 Å².